The second-order valence-electron chi connectivity index (χ2n) is 3.84. The van der Waals surface area contributed by atoms with Gasteiger partial charge in [0.25, 0.3) is 12.9 Å². The number of carbonyl (C=O) groups is 2. The van der Waals surface area contributed by atoms with Gasteiger partial charge in [-0.05, 0) is 0 Å². The van der Waals surface area contributed by atoms with E-state index < -0.39 is 0 Å². The van der Waals surface area contributed by atoms with Crippen LogP contribution in [0.3, 0.4) is 0 Å². The Morgan fingerprint density at radius 2 is 1.33 bits per heavy atom. The predicted octanol–water partition coefficient (Wildman–Crippen LogP) is 2.93. The van der Waals surface area contributed by atoms with Gasteiger partial charge in [0.05, 0.1) is 0 Å². The van der Waals surface area contributed by atoms with Crippen LogP contribution < -0.4 is 0 Å². The van der Waals surface area contributed by atoms with E-state index in [1.807, 2.05) is 0 Å². The van der Waals surface area contributed by atoms with Crippen molar-refractivity contribution in [3.8, 4) is 0 Å². The van der Waals surface area contributed by atoms with E-state index in [4.69, 9.17) is 19.8 Å². The third-order valence-electron chi connectivity index (χ3n) is 2.56. The van der Waals surface area contributed by atoms with Gasteiger partial charge in [0.1, 0.15) is 0 Å². The van der Waals surface area contributed by atoms with Crippen LogP contribution in [0.15, 0.2) is 16.7 Å². The van der Waals surface area contributed by atoms with Crippen molar-refractivity contribution in [2.24, 2.45) is 5.41 Å². The Hall–Kier alpha value is -0.576. The van der Waals surface area contributed by atoms with E-state index in [2.05, 4.69) is 40.7 Å². The first kappa shape index (κ1) is 26.1. The zero-order valence-electron chi connectivity index (χ0n) is 11.3. The molecule has 0 aliphatic heterocycles. The van der Waals surface area contributed by atoms with Gasteiger partial charge in [-0.1, -0.05) is 33.1 Å². The van der Waals surface area contributed by atoms with Crippen LogP contribution in [0.1, 0.15) is 34.6 Å². The molecule has 18 heavy (non-hydrogen) atoms. The van der Waals surface area contributed by atoms with Gasteiger partial charge >= 0.3 is 0 Å². The number of hydrogen-bond donors (Lipinski definition) is 2. The number of carboxylic acid groups (broad SMARTS) is 2. The standard InChI is InChI=1S/C10H15.2CH2O2.ClH.Ti/c1-7-6-10(4,5)9(3)8(7)2;2*2-1-3;;/h1-5H3;2*1H,(H,2,3);1H;/q-1;;;;. The molecule has 0 bridgehead atoms. The molecule has 104 valence electrons. The van der Waals surface area contributed by atoms with Crippen molar-refractivity contribution in [1.29, 1.82) is 0 Å². The van der Waals surface area contributed by atoms with E-state index in [0.29, 0.717) is 0 Å². The quantitative estimate of drug-likeness (QED) is 0.410. The molecule has 0 heterocycles. The monoisotopic (exact) mass is 311 g/mol. The zero-order valence-corrected chi connectivity index (χ0v) is 13.7. The molecular formula is C12H20ClO4Ti-. The predicted molar refractivity (Wildman–Crippen MR) is 69.2 cm³/mol. The Bertz CT molecular complexity index is 303. The molecule has 0 aromatic carbocycles. The van der Waals surface area contributed by atoms with Crippen molar-refractivity contribution < 1.29 is 41.5 Å². The van der Waals surface area contributed by atoms with Gasteiger partial charge in [-0.2, -0.15) is 11.1 Å². The van der Waals surface area contributed by atoms with Crippen molar-refractivity contribution in [3.05, 3.63) is 22.8 Å². The van der Waals surface area contributed by atoms with Crippen LogP contribution in [-0.4, -0.2) is 23.2 Å². The summed E-state index contributed by atoms with van der Waals surface area (Å²) in [5, 5.41) is 13.8. The minimum Gasteiger partial charge on any atom is -0.483 e. The third kappa shape index (κ3) is 9.45. The Kier molecular flexibility index (Phi) is 18.6. The minimum absolute atomic E-state index is 0. The van der Waals surface area contributed by atoms with Crippen molar-refractivity contribution in [2.75, 3.05) is 0 Å². The number of rotatable bonds is 0. The molecule has 0 radical (unpaired) electrons. The average Bonchev–Trinajstić information content (AvgIpc) is 2.32. The molecule has 0 unspecified atom stereocenters. The number of halogens is 1. The third-order valence-corrected chi connectivity index (χ3v) is 2.56. The summed E-state index contributed by atoms with van der Waals surface area (Å²) in [6, 6.07) is 0. The Morgan fingerprint density at radius 1 is 1.06 bits per heavy atom. The molecule has 0 aromatic heterocycles. The second-order valence-corrected chi connectivity index (χ2v) is 3.84. The first-order valence-electron chi connectivity index (χ1n) is 4.74. The Balaban J connectivity index is -0.000000106. The van der Waals surface area contributed by atoms with Crippen LogP contribution in [-0.2, 0) is 31.3 Å². The van der Waals surface area contributed by atoms with E-state index in [9.17, 15) is 0 Å². The largest absolute Gasteiger partial charge is 0.483 e. The fourth-order valence-corrected chi connectivity index (χ4v) is 1.41. The van der Waals surface area contributed by atoms with Crippen LogP contribution >= 0.6 is 12.4 Å². The van der Waals surface area contributed by atoms with E-state index in [-0.39, 0.29) is 52.5 Å². The van der Waals surface area contributed by atoms with Gasteiger partial charge in [-0.25, -0.2) is 5.57 Å². The van der Waals surface area contributed by atoms with Crippen molar-refractivity contribution in [1.82, 2.24) is 0 Å². The van der Waals surface area contributed by atoms with E-state index in [1.165, 1.54) is 16.7 Å². The molecule has 1 aliphatic rings. The van der Waals surface area contributed by atoms with Gasteiger partial charge < -0.3 is 10.2 Å². The van der Waals surface area contributed by atoms with Gasteiger partial charge in [0, 0.05) is 21.7 Å². The molecule has 0 spiro atoms. The summed E-state index contributed by atoms with van der Waals surface area (Å²) in [7, 11) is 0. The minimum atomic E-state index is -0.250. The molecular weight excluding hydrogens is 291 g/mol. The molecule has 0 fully saturated rings. The summed E-state index contributed by atoms with van der Waals surface area (Å²) in [6.45, 7) is 10.4. The van der Waals surface area contributed by atoms with E-state index >= 15 is 0 Å². The molecule has 0 saturated heterocycles. The molecule has 2 N–H and O–H groups in total. The van der Waals surface area contributed by atoms with Gasteiger partial charge in [-0.3, -0.25) is 15.7 Å². The number of hydrogen-bond acceptors (Lipinski definition) is 2. The van der Waals surface area contributed by atoms with Gasteiger partial charge in [0.15, 0.2) is 0 Å². The first-order chi connectivity index (χ1) is 7.28. The normalized spacial score (nSPS) is 14.4. The van der Waals surface area contributed by atoms with E-state index in [0.717, 1.165) is 0 Å². The van der Waals surface area contributed by atoms with Gasteiger partial charge in [0.2, 0.25) is 0 Å². The SMILES string of the molecule is CC1=[C-]C(C)(C)C(C)=C1C.Cl.O=CO.O=CO.[Ti]. The summed E-state index contributed by atoms with van der Waals surface area (Å²) in [6.07, 6.45) is 3.44. The fourth-order valence-electron chi connectivity index (χ4n) is 1.41. The summed E-state index contributed by atoms with van der Waals surface area (Å²) >= 11 is 0. The summed E-state index contributed by atoms with van der Waals surface area (Å²) in [5.41, 5.74) is 4.39. The maximum absolute atomic E-state index is 8.36. The maximum atomic E-state index is 8.36. The van der Waals surface area contributed by atoms with Crippen molar-refractivity contribution in [3.63, 3.8) is 0 Å². The number of allylic oxidation sites excluding steroid dienone is 4. The van der Waals surface area contributed by atoms with Crippen LogP contribution in [0.25, 0.3) is 0 Å². The molecule has 0 aromatic rings. The van der Waals surface area contributed by atoms with Crippen LogP contribution in [0, 0.1) is 11.5 Å². The first-order valence-corrected chi connectivity index (χ1v) is 4.74. The van der Waals surface area contributed by atoms with Crippen molar-refractivity contribution in [2.45, 2.75) is 34.6 Å². The molecule has 0 saturated carbocycles. The average molecular weight is 312 g/mol. The molecule has 1 rings (SSSR count). The van der Waals surface area contributed by atoms with E-state index in [1.54, 1.807) is 0 Å². The Labute approximate surface area is 129 Å². The zero-order chi connectivity index (χ0) is 13.4. The summed E-state index contributed by atoms with van der Waals surface area (Å²) < 4.78 is 0. The second kappa shape index (κ2) is 12.9. The maximum Gasteiger partial charge on any atom is 0.290 e. The molecule has 0 atom stereocenters. The summed E-state index contributed by atoms with van der Waals surface area (Å²) in [5.74, 6) is 0. The van der Waals surface area contributed by atoms with Crippen molar-refractivity contribution >= 4 is 25.4 Å². The topological polar surface area (TPSA) is 74.6 Å². The molecule has 4 nitrogen and oxygen atoms in total. The molecule has 0 amide bonds. The fraction of sp³-hybridized carbons (Fsp3) is 0.500. The van der Waals surface area contributed by atoms with Gasteiger partial charge in [-0.15, -0.1) is 19.3 Å². The molecule has 1 aliphatic carbocycles. The van der Waals surface area contributed by atoms with Crippen LogP contribution in [0.2, 0.25) is 0 Å². The van der Waals surface area contributed by atoms with Crippen LogP contribution in [0.4, 0.5) is 0 Å². The molecule has 6 heteroatoms. The Morgan fingerprint density at radius 3 is 1.39 bits per heavy atom. The summed E-state index contributed by atoms with van der Waals surface area (Å²) in [4.78, 5) is 16.7. The van der Waals surface area contributed by atoms with Crippen LogP contribution in [0.5, 0.6) is 0 Å². The smallest absolute Gasteiger partial charge is 0.290 e.